The fourth-order valence-electron chi connectivity index (χ4n) is 6.57. The molecule has 51 heavy (non-hydrogen) atoms. The van der Waals surface area contributed by atoms with E-state index in [1.54, 1.807) is 19.9 Å². The maximum Gasteiger partial charge on any atom is 0.333 e. The number of aryl methyl sites for hydroxylation is 2. The zero-order valence-corrected chi connectivity index (χ0v) is 33.6. The summed E-state index contributed by atoms with van der Waals surface area (Å²) in [6, 6.07) is 9.72. The van der Waals surface area contributed by atoms with Crippen molar-refractivity contribution >= 4 is 49.8 Å². The molecule has 3 rings (SSSR count). The summed E-state index contributed by atoms with van der Waals surface area (Å²) >= 11 is 13.7. The van der Waals surface area contributed by atoms with Crippen LogP contribution in [0.25, 0.3) is 11.1 Å². The number of esters is 2. The summed E-state index contributed by atoms with van der Waals surface area (Å²) in [7, 11) is 0. The number of unbranched alkanes of at least 4 members (excludes halogenated alkanes) is 2. The Morgan fingerprint density at radius 1 is 0.824 bits per heavy atom. The summed E-state index contributed by atoms with van der Waals surface area (Å²) in [4.78, 5) is 24.1. The Kier molecular flexibility index (Phi) is 18.6. The minimum Gasteiger partial charge on any atom is -0.492 e. The number of rotatable bonds is 22. The van der Waals surface area contributed by atoms with Crippen LogP contribution >= 0.6 is 37.9 Å². The lowest BCUT2D eigenvalue weighted by atomic mass is 9.77. The van der Waals surface area contributed by atoms with E-state index < -0.39 is 11.9 Å². The Morgan fingerprint density at radius 2 is 1.37 bits per heavy atom. The number of benzene rings is 2. The molecule has 1 aliphatic rings. The first kappa shape index (κ1) is 43.0. The number of carbonyl (C=O) groups is 2. The lowest BCUT2D eigenvalue weighted by Crippen LogP contribution is -2.35. The van der Waals surface area contributed by atoms with Gasteiger partial charge in [-0.25, -0.2) is 14.0 Å². The van der Waals surface area contributed by atoms with Gasteiger partial charge in [-0.15, -0.1) is 0 Å². The van der Waals surface area contributed by atoms with Gasteiger partial charge in [0.2, 0.25) is 0 Å². The van der Waals surface area contributed by atoms with Crippen LogP contribution in [0, 0.1) is 17.2 Å². The van der Waals surface area contributed by atoms with Gasteiger partial charge in [0.1, 0.15) is 11.6 Å². The normalized spacial score (nSPS) is 16.1. The predicted octanol–water partition coefficient (Wildman–Crippen LogP) is 10.6. The number of hydrogen-bond donors (Lipinski definition) is 3. The summed E-state index contributed by atoms with van der Waals surface area (Å²) in [5, 5.41) is 0. The van der Waals surface area contributed by atoms with E-state index in [1.807, 2.05) is 18.2 Å². The number of thiol groups is 3. The van der Waals surface area contributed by atoms with Crippen molar-refractivity contribution in [2.24, 2.45) is 11.3 Å². The molecule has 9 heteroatoms. The van der Waals surface area contributed by atoms with Gasteiger partial charge >= 0.3 is 11.9 Å². The molecule has 0 aromatic heterocycles. The minimum absolute atomic E-state index is 0.208. The third-order valence-corrected chi connectivity index (χ3v) is 12.0. The number of hydrogen-bond acceptors (Lipinski definition) is 8. The van der Waals surface area contributed by atoms with E-state index in [0.29, 0.717) is 77.9 Å². The van der Waals surface area contributed by atoms with Crippen LogP contribution in [0.5, 0.6) is 5.75 Å². The van der Waals surface area contributed by atoms with Gasteiger partial charge in [-0.05, 0) is 118 Å². The van der Waals surface area contributed by atoms with E-state index in [9.17, 15) is 9.59 Å². The van der Waals surface area contributed by atoms with Crippen LogP contribution in [0.2, 0.25) is 0 Å². The molecule has 0 N–H and O–H groups in total. The monoisotopic (exact) mass is 758 g/mol. The van der Waals surface area contributed by atoms with Gasteiger partial charge in [0, 0.05) is 39.4 Å². The molecule has 1 aliphatic carbocycles. The maximum absolute atomic E-state index is 16.1. The van der Waals surface area contributed by atoms with Gasteiger partial charge in [0.15, 0.2) is 0 Å². The third-order valence-electron chi connectivity index (χ3n) is 9.95. The maximum atomic E-state index is 16.1. The molecule has 5 nitrogen and oxygen atoms in total. The van der Waals surface area contributed by atoms with Crippen LogP contribution < -0.4 is 4.74 Å². The van der Waals surface area contributed by atoms with Crippen molar-refractivity contribution < 1.29 is 28.2 Å². The number of ether oxygens (including phenoxy) is 3. The lowest BCUT2D eigenvalue weighted by molar-refractivity contribution is -0.139. The largest absolute Gasteiger partial charge is 0.492 e. The molecule has 0 radical (unpaired) electrons. The van der Waals surface area contributed by atoms with Crippen molar-refractivity contribution in [3.05, 3.63) is 77.1 Å². The third kappa shape index (κ3) is 13.2. The standard InChI is InChI=1S/C42H59FO5S3/c1-6-7-8-11-31-14-16-32(17-15-31)33-18-19-37(38(43)24-33)36-22-34(12-9-20-46-40(44)29(2)3)39(48-25-42(26-49,27-50)28-51)35(23-36)13-10-21-47-41(45)30(4)5/h18-19,22-24,31-32,49-51H,2,4,6-17,20-21,25-28H2,1,3,5H3. The van der Waals surface area contributed by atoms with Gasteiger partial charge in [0.25, 0.3) is 0 Å². The van der Waals surface area contributed by atoms with E-state index in [4.69, 9.17) is 14.2 Å². The van der Waals surface area contributed by atoms with Crippen molar-refractivity contribution in [1.82, 2.24) is 0 Å². The fraction of sp³-hybridized carbons (Fsp3) is 0.571. The Labute approximate surface area is 322 Å². The Bertz CT molecular complexity index is 1400. The molecule has 0 heterocycles. The predicted molar refractivity (Wildman–Crippen MR) is 218 cm³/mol. The van der Waals surface area contributed by atoms with Gasteiger partial charge in [0.05, 0.1) is 19.8 Å². The molecule has 0 spiro atoms. The highest BCUT2D eigenvalue weighted by atomic mass is 32.1. The van der Waals surface area contributed by atoms with Crippen molar-refractivity contribution in [3.8, 4) is 16.9 Å². The first-order valence-electron chi connectivity index (χ1n) is 18.5. The van der Waals surface area contributed by atoms with Gasteiger partial charge in [-0.2, -0.15) is 37.9 Å². The molecule has 2 aromatic rings. The van der Waals surface area contributed by atoms with E-state index in [-0.39, 0.29) is 24.4 Å². The molecular weight excluding hydrogens is 700 g/mol. The molecule has 0 aliphatic heterocycles. The van der Waals surface area contributed by atoms with Crippen molar-refractivity contribution in [1.29, 1.82) is 0 Å². The second-order valence-corrected chi connectivity index (χ2v) is 15.3. The van der Waals surface area contributed by atoms with Crippen LogP contribution in [0.15, 0.2) is 54.6 Å². The SMILES string of the molecule is C=C(C)C(=O)OCCCc1cc(-c2ccc(C3CCC(CCCCC)CC3)cc2F)cc(CCCOC(=O)C(=C)C)c1OCC(CS)(CS)CS. The molecule has 0 bridgehead atoms. The van der Waals surface area contributed by atoms with Crippen LogP contribution in [0.1, 0.15) is 108 Å². The highest BCUT2D eigenvalue weighted by molar-refractivity contribution is 7.82. The molecule has 0 amide bonds. The average molecular weight is 759 g/mol. The molecule has 282 valence electrons. The molecule has 1 saturated carbocycles. The second kappa shape index (κ2) is 22.0. The van der Waals surface area contributed by atoms with Crippen LogP contribution in [-0.2, 0) is 31.9 Å². The molecule has 1 fully saturated rings. The molecular formula is C42H59FO5S3. The van der Waals surface area contributed by atoms with E-state index >= 15 is 4.39 Å². The Hall–Kier alpha value is -2.36. The van der Waals surface area contributed by atoms with Gasteiger partial charge in [-0.3, -0.25) is 0 Å². The Balaban J connectivity index is 1.95. The molecule has 0 unspecified atom stereocenters. The first-order valence-corrected chi connectivity index (χ1v) is 20.4. The van der Waals surface area contributed by atoms with E-state index in [0.717, 1.165) is 41.0 Å². The van der Waals surface area contributed by atoms with E-state index in [1.165, 1.54) is 38.5 Å². The van der Waals surface area contributed by atoms with Crippen LogP contribution in [0.4, 0.5) is 4.39 Å². The van der Waals surface area contributed by atoms with Gasteiger partial charge in [-0.1, -0.05) is 57.9 Å². The summed E-state index contributed by atoms with van der Waals surface area (Å²) in [5.41, 5.74) is 4.42. The summed E-state index contributed by atoms with van der Waals surface area (Å²) in [6.45, 7) is 13.6. The fourth-order valence-corrected chi connectivity index (χ4v) is 8.04. The molecule has 0 atom stereocenters. The van der Waals surface area contributed by atoms with Crippen molar-refractivity contribution in [2.75, 3.05) is 37.1 Å². The van der Waals surface area contributed by atoms with E-state index in [2.05, 4.69) is 64.0 Å². The van der Waals surface area contributed by atoms with Crippen LogP contribution in [0.3, 0.4) is 0 Å². The van der Waals surface area contributed by atoms with Crippen molar-refractivity contribution in [3.63, 3.8) is 0 Å². The smallest absolute Gasteiger partial charge is 0.333 e. The quantitative estimate of drug-likeness (QED) is 0.0483. The number of halogens is 1. The second-order valence-electron chi connectivity index (χ2n) is 14.4. The van der Waals surface area contributed by atoms with Crippen molar-refractivity contribution in [2.45, 2.75) is 104 Å². The van der Waals surface area contributed by atoms with Crippen LogP contribution in [-0.4, -0.2) is 49.0 Å². The minimum atomic E-state index is -0.432. The highest BCUT2D eigenvalue weighted by Gasteiger charge is 2.28. The summed E-state index contributed by atoms with van der Waals surface area (Å²) < 4.78 is 33.5. The van der Waals surface area contributed by atoms with Gasteiger partial charge < -0.3 is 14.2 Å². The number of carbonyl (C=O) groups excluding carboxylic acids is 2. The highest BCUT2D eigenvalue weighted by Crippen LogP contribution is 2.40. The molecule has 2 aromatic carbocycles. The first-order chi connectivity index (χ1) is 24.5. The Morgan fingerprint density at radius 3 is 1.84 bits per heavy atom. The zero-order valence-electron chi connectivity index (χ0n) is 30.9. The average Bonchev–Trinajstić information content (AvgIpc) is 3.13. The summed E-state index contributed by atoms with van der Waals surface area (Å²) in [5.74, 6) is 2.37. The molecule has 0 saturated heterocycles. The topological polar surface area (TPSA) is 61.8 Å². The zero-order chi connectivity index (χ0) is 37.4. The lowest BCUT2D eigenvalue weighted by Gasteiger charge is -2.30. The summed E-state index contributed by atoms with van der Waals surface area (Å²) in [6.07, 6.45) is 11.9.